The Morgan fingerprint density at radius 2 is 1.56 bits per heavy atom. The molecule has 0 aromatic heterocycles. The first-order chi connectivity index (χ1) is 13.0. The summed E-state index contributed by atoms with van der Waals surface area (Å²) < 4.78 is 4.81. The highest BCUT2D eigenvalue weighted by molar-refractivity contribution is 6.35. The Kier molecular flexibility index (Phi) is 7.01. The van der Waals surface area contributed by atoms with Gasteiger partial charge in [0.25, 0.3) is 0 Å². The van der Waals surface area contributed by atoms with Gasteiger partial charge in [-0.05, 0) is 50.9 Å². The van der Waals surface area contributed by atoms with Crippen molar-refractivity contribution in [3.8, 4) is 0 Å². The number of hydrogen-bond donors (Lipinski definition) is 0. The summed E-state index contributed by atoms with van der Waals surface area (Å²) >= 11 is 12.5. The highest BCUT2D eigenvalue weighted by Gasteiger charge is 2.33. The van der Waals surface area contributed by atoms with Gasteiger partial charge < -0.3 is 9.64 Å². The molecule has 1 aromatic carbocycles. The molecule has 2 heterocycles. The molecule has 2 fully saturated rings. The largest absolute Gasteiger partial charge is 0.469 e. The molecule has 148 valence electrons. The summed E-state index contributed by atoms with van der Waals surface area (Å²) in [5, 5.41) is 1.38. The molecule has 0 saturated carbocycles. The molecule has 0 bridgehead atoms. The third kappa shape index (κ3) is 4.95. The van der Waals surface area contributed by atoms with Gasteiger partial charge in [0.1, 0.15) is 0 Å². The number of piperidine rings is 2. The summed E-state index contributed by atoms with van der Waals surface area (Å²) in [5.41, 5.74) is 0.954. The topological polar surface area (TPSA) is 49.9 Å². The number of likely N-dealkylation sites (tertiary alicyclic amines) is 2. The fourth-order valence-corrected chi connectivity index (χ4v) is 4.52. The lowest BCUT2D eigenvalue weighted by Gasteiger charge is -2.37. The molecular formula is C20H26Cl2N2O3. The Bertz CT molecular complexity index is 662. The number of carbonyl (C=O) groups excluding carboxylic acids is 2. The van der Waals surface area contributed by atoms with Crippen LogP contribution in [0.2, 0.25) is 10.0 Å². The minimum atomic E-state index is -0.159. The maximum Gasteiger partial charge on any atom is 0.308 e. The Hall–Kier alpha value is -1.30. The van der Waals surface area contributed by atoms with Crippen molar-refractivity contribution >= 4 is 35.1 Å². The molecule has 2 aliphatic rings. The molecule has 1 amide bonds. The molecule has 7 heteroatoms. The van der Waals surface area contributed by atoms with E-state index in [4.69, 9.17) is 27.9 Å². The molecule has 3 rings (SSSR count). The molecule has 5 nitrogen and oxygen atoms in total. The van der Waals surface area contributed by atoms with E-state index in [0.29, 0.717) is 42.5 Å². The lowest BCUT2D eigenvalue weighted by molar-refractivity contribution is -0.150. The van der Waals surface area contributed by atoms with Gasteiger partial charge in [0.2, 0.25) is 5.91 Å². The van der Waals surface area contributed by atoms with Gasteiger partial charge in [0.15, 0.2) is 0 Å². The number of rotatable bonds is 4. The van der Waals surface area contributed by atoms with Crippen molar-refractivity contribution in [1.82, 2.24) is 9.80 Å². The van der Waals surface area contributed by atoms with E-state index in [0.717, 1.165) is 31.5 Å². The van der Waals surface area contributed by atoms with E-state index in [1.165, 1.54) is 7.11 Å². The van der Waals surface area contributed by atoms with Crippen LogP contribution in [-0.4, -0.2) is 55.0 Å². The molecule has 0 aliphatic carbocycles. The summed E-state index contributed by atoms with van der Waals surface area (Å²) in [6.45, 7) is 3.72. The minimum absolute atomic E-state index is 0.0673. The lowest BCUT2D eigenvalue weighted by Crippen LogP contribution is -2.46. The van der Waals surface area contributed by atoms with Crippen LogP contribution in [0.4, 0.5) is 0 Å². The quantitative estimate of drug-likeness (QED) is 0.708. The highest BCUT2D eigenvalue weighted by atomic mass is 35.5. The third-order valence-corrected chi connectivity index (χ3v) is 6.43. The van der Waals surface area contributed by atoms with Gasteiger partial charge in [0.05, 0.1) is 13.0 Å². The smallest absolute Gasteiger partial charge is 0.308 e. The maximum absolute atomic E-state index is 12.8. The zero-order valence-electron chi connectivity index (χ0n) is 15.6. The van der Waals surface area contributed by atoms with Crippen molar-refractivity contribution in [2.24, 2.45) is 11.8 Å². The average molecular weight is 413 g/mol. The second-order valence-electron chi connectivity index (χ2n) is 7.37. The number of nitrogens with zero attached hydrogens (tertiary/aromatic N) is 2. The van der Waals surface area contributed by atoms with Crippen molar-refractivity contribution in [2.75, 3.05) is 33.3 Å². The van der Waals surface area contributed by atoms with Gasteiger partial charge in [-0.2, -0.15) is 0 Å². The Morgan fingerprint density at radius 1 is 1.00 bits per heavy atom. The first kappa shape index (κ1) is 20.4. The SMILES string of the molecule is COC(=O)C1CCN(C(=O)C2CCN(Cc3c(Cl)cccc3Cl)CC2)CC1. The van der Waals surface area contributed by atoms with Crippen LogP contribution in [0.3, 0.4) is 0 Å². The van der Waals surface area contributed by atoms with E-state index in [-0.39, 0.29) is 23.7 Å². The number of carbonyl (C=O) groups is 2. The van der Waals surface area contributed by atoms with Crippen molar-refractivity contribution < 1.29 is 14.3 Å². The van der Waals surface area contributed by atoms with E-state index in [9.17, 15) is 9.59 Å². The number of esters is 1. The van der Waals surface area contributed by atoms with Crippen LogP contribution >= 0.6 is 23.2 Å². The lowest BCUT2D eigenvalue weighted by atomic mass is 9.92. The number of halogens is 2. The Labute approximate surface area is 170 Å². The van der Waals surface area contributed by atoms with Crippen molar-refractivity contribution in [3.05, 3.63) is 33.8 Å². The number of amides is 1. The van der Waals surface area contributed by atoms with E-state index in [2.05, 4.69) is 4.90 Å². The summed E-state index contributed by atoms with van der Waals surface area (Å²) in [5.74, 6) is 0.0706. The molecule has 27 heavy (non-hydrogen) atoms. The van der Waals surface area contributed by atoms with Gasteiger partial charge in [-0.3, -0.25) is 14.5 Å². The average Bonchev–Trinajstić information content (AvgIpc) is 2.70. The summed E-state index contributed by atoms with van der Waals surface area (Å²) in [7, 11) is 1.42. The fraction of sp³-hybridized carbons (Fsp3) is 0.600. The minimum Gasteiger partial charge on any atom is -0.469 e. The van der Waals surface area contributed by atoms with E-state index in [1.807, 2.05) is 23.1 Å². The van der Waals surface area contributed by atoms with Crippen molar-refractivity contribution in [2.45, 2.75) is 32.2 Å². The third-order valence-electron chi connectivity index (χ3n) is 5.72. The predicted molar refractivity (Wildman–Crippen MR) is 106 cm³/mol. The van der Waals surface area contributed by atoms with Gasteiger partial charge >= 0.3 is 5.97 Å². The molecule has 1 aromatic rings. The number of methoxy groups -OCH3 is 1. The Morgan fingerprint density at radius 3 is 2.11 bits per heavy atom. The molecular weight excluding hydrogens is 387 g/mol. The van der Waals surface area contributed by atoms with Crippen LogP contribution in [-0.2, 0) is 20.9 Å². The molecule has 0 radical (unpaired) electrons. The standard InChI is InChI=1S/C20H26Cl2N2O3/c1-27-20(26)15-7-11-24(12-8-15)19(25)14-5-9-23(10-6-14)13-16-17(21)3-2-4-18(16)22/h2-4,14-15H,5-13H2,1H3. The number of hydrogen-bond acceptors (Lipinski definition) is 4. The first-order valence-electron chi connectivity index (χ1n) is 9.51. The summed E-state index contributed by atoms with van der Waals surface area (Å²) in [6.07, 6.45) is 3.08. The van der Waals surface area contributed by atoms with Crippen molar-refractivity contribution in [3.63, 3.8) is 0 Å². The summed E-state index contributed by atoms with van der Waals surface area (Å²) in [4.78, 5) is 28.7. The first-order valence-corrected chi connectivity index (χ1v) is 10.3. The zero-order valence-corrected chi connectivity index (χ0v) is 17.1. The molecule has 0 spiro atoms. The van der Waals surface area contributed by atoms with Crippen LogP contribution in [0, 0.1) is 11.8 Å². The van der Waals surface area contributed by atoms with Crippen molar-refractivity contribution in [1.29, 1.82) is 0 Å². The van der Waals surface area contributed by atoms with E-state index >= 15 is 0 Å². The van der Waals surface area contributed by atoms with Crippen LogP contribution in [0.15, 0.2) is 18.2 Å². The molecule has 2 saturated heterocycles. The van der Waals surface area contributed by atoms with E-state index < -0.39 is 0 Å². The monoisotopic (exact) mass is 412 g/mol. The highest BCUT2D eigenvalue weighted by Crippen LogP contribution is 2.29. The summed E-state index contributed by atoms with van der Waals surface area (Å²) in [6, 6.07) is 5.57. The van der Waals surface area contributed by atoms with Gasteiger partial charge in [-0.1, -0.05) is 29.3 Å². The Balaban J connectivity index is 1.48. The van der Waals surface area contributed by atoms with E-state index in [1.54, 1.807) is 0 Å². The van der Waals surface area contributed by atoms with Gasteiger partial charge in [0, 0.05) is 41.2 Å². The predicted octanol–water partition coefficient (Wildman–Crippen LogP) is 3.62. The molecule has 2 aliphatic heterocycles. The van der Waals surface area contributed by atoms with Crippen LogP contribution in [0.25, 0.3) is 0 Å². The van der Waals surface area contributed by atoms with Gasteiger partial charge in [-0.15, -0.1) is 0 Å². The van der Waals surface area contributed by atoms with Crippen LogP contribution < -0.4 is 0 Å². The second-order valence-corrected chi connectivity index (χ2v) is 8.19. The number of benzene rings is 1. The normalized spacial score (nSPS) is 19.9. The van der Waals surface area contributed by atoms with Gasteiger partial charge in [-0.25, -0.2) is 0 Å². The molecule has 0 N–H and O–H groups in total. The molecule has 0 atom stereocenters. The zero-order chi connectivity index (χ0) is 19.4. The molecule has 0 unspecified atom stereocenters. The van der Waals surface area contributed by atoms with Crippen LogP contribution in [0.1, 0.15) is 31.2 Å². The maximum atomic E-state index is 12.8. The fourth-order valence-electron chi connectivity index (χ4n) is 4.01. The second kappa shape index (κ2) is 9.26. The van der Waals surface area contributed by atoms with Crippen LogP contribution in [0.5, 0.6) is 0 Å². The number of ether oxygens (including phenoxy) is 1.